The van der Waals surface area contributed by atoms with Gasteiger partial charge < -0.3 is 39.4 Å². The summed E-state index contributed by atoms with van der Waals surface area (Å²) in [6, 6.07) is 0. The number of hydrogen-bond donors (Lipinski definition) is 4. The second kappa shape index (κ2) is 37.9. The quantitative estimate of drug-likeness (QED) is 0.0271. The first-order valence-corrected chi connectivity index (χ1v) is 22.7. The maximum absolute atomic E-state index is 12.8. The van der Waals surface area contributed by atoms with Crippen molar-refractivity contribution in [3.8, 4) is 0 Å². The van der Waals surface area contributed by atoms with E-state index < -0.39 is 55.4 Å². The third-order valence-electron chi connectivity index (χ3n) is 10.2. The monoisotopic (exact) mass is 807 g/mol. The number of allylic oxidation sites excluding steroid dienone is 8. The highest BCUT2D eigenvalue weighted by Crippen LogP contribution is 2.22. The van der Waals surface area contributed by atoms with E-state index in [4.69, 9.17) is 18.9 Å². The zero-order chi connectivity index (χ0) is 41.6. The van der Waals surface area contributed by atoms with Crippen LogP contribution in [0.4, 0.5) is 0 Å². The van der Waals surface area contributed by atoms with Crippen molar-refractivity contribution in [2.75, 3.05) is 19.8 Å². The number of aliphatic hydroxyl groups excluding tert-OH is 4. The summed E-state index contributed by atoms with van der Waals surface area (Å²) in [6.45, 7) is 3.34. The van der Waals surface area contributed by atoms with Crippen LogP contribution in [0.15, 0.2) is 48.6 Å². The number of rotatable bonds is 37. The second-order valence-corrected chi connectivity index (χ2v) is 15.5. The van der Waals surface area contributed by atoms with Crippen molar-refractivity contribution in [2.45, 2.75) is 218 Å². The van der Waals surface area contributed by atoms with Crippen molar-refractivity contribution in [1.29, 1.82) is 0 Å². The molecule has 0 aromatic carbocycles. The molecule has 1 rings (SSSR count). The van der Waals surface area contributed by atoms with Gasteiger partial charge in [0.05, 0.1) is 13.2 Å². The lowest BCUT2D eigenvalue weighted by molar-refractivity contribution is -0.305. The molecule has 6 atom stereocenters. The van der Waals surface area contributed by atoms with Gasteiger partial charge in [-0.1, -0.05) is 146 Å². The molecule has 1 aliphatic rings. The van der Waals surface area contributed by atoms with E-state index in [9.17, 15) is 30.0 Å². The molecule has 0 aromatic heterocycles. The molecule has 0 aromatic rings. The third kappa shape index (κ3) is 29.5. The van der Waals surface area contributed by atoms with Gasteiger partial charge in [0.25, 0.3) is 0 Å². The Kier molecular flexibility index (Phi) is 35.0. The highest BCUT2D eigenvalue weighted by molar-refractivity contribution is 5.70. The Hall–Kier alpha value is -2.34. The molecule has 10 nitrogen and oxygen atoms in total. The molecule has 10 heteroatoms. The minimum atomic E-state index is -1.60. The molecule has 1 saturated heterocycles. The summed E-state index contributed by atoms with van der Waals surface area (Å²) in [5.74, 6) is -0.873. The Morgan fingerprint density at radius 1 is 0.544 bits per heavy atom. The molecule has 1 aliphatic heterocycles. The lowest BCUT2D eigenvalue weighted by atomic mass is 9.99. The Bertz CT molecular complexity index is 1070. The maximum atomic E-state index is 12.8. The molecule has 0 radical (unpaired) electrons. The van der Waals surface area contributed by atoms with E-state index in [2.05, 4.69) is 62.5 Å². The Morgan fingerprint density at radius 3 is 1.56 bits per heavy atom. The van der Waals surface area contributed by atoms with Crippen molar-refractivity contribution in [1.82, 2.24) is 0 Å². The van der Waals surface area contributed by atoms with Gasteiger partial charge in [0, 0.05) is 12.8 Å². The van der Waals surface area contributed by atoms with E-state index in [1.165, 1.54) is 89.9 Å². The average Bonchev–Trinajstić information content (AvgIpc) is 3.21. The fraction of sp³-hybridized carbons (Fsp3) is 0.787. The van der Waals surface area contributed by atoms with Crippen LogP contribution in [0.5, 0.6) is 0 Å². The molecule has 0 bridgehead atoms. The number of ether oxygens (including phenoxy) is 4. The SMILES string of the molecule is CCCCCC/C=C/CCCCCCCCCC(=O)O[C@@H](COC(=O)CCC/C=C/C/C=C/C/C=C/CCCCCCCC)CO[C@H]1O[C@@H](CO)[C@@H](O)C(O)C1O. The van der Waals surface area contributed by atoms with Crippen LogP contribution in [-0.2, 0) is 28.5 Å². The van der Waals surface area contributed by atoms with Gasteiger partial charge in [-0.25, -0.2) is 0 Å². The molecule has 0 spiro atoms. The summed E-state index contributed by atoms with van der Waals surface area (Å²) in [5.41, 5.74) is 0. The van der Waals surface area contributed by atoms with Gasteiger partial charge in [0.2, 0.25) is 0 Å². The molecule has 4 N–H and O–H groups in total. The molecular formula is C47H82O10. The lowest BCUT2D eigenvalue weighted by Gasteiger charge is -2.39. The molecule has 330 valence electrons. The van der Waals surface area contributed by atoms with Gasteiger partial charge in [0.1, 0.15) is 31.0 Å². The van der Waals surface area contributed by atoms with Gasteiger partial charge in [-0.05, 0) is 70.6 Å². The van der Waals surface area contributed by atoms with E-state index in [0.717, 1.165) is 51.4 Å². The predicted octanol–water partition coefficient (Wildman–Crippen LogP) is 9.67. The van der Waals surface area contributed by atoms with Gasteiger partial charge in [-0.15, -0.1) is 0 Å². The standard InChI is InChI=1S/C47H82O10/c1-3-5-7-9-11-13-15-17-19-20-22-23-25-27-29-31-33-35-42(49)54-38-40(39-55-47-46(53)45(52)44(51)41(37-48)57-47)56-43(50)36-34-32-30-28-26-24-21-18-16-14-12-10-8-6-4-2/h14,16-17,19,22-23,27,29,40-41,44-48,51-53H,3-13,15,18,20-21,24-26,28,30-39H2,1-2H3/b16-14+,19-17+,23-22+,29-27+/t40-,41-,44+,45?,46?,47-/m0/s1. The number of carbonyl (C=O) groups is 2. The molecule has 1 heterocycles. The molecule has 0 amide bonds. The number of hydrogen-bond acceptors (Lipinski definition) is 10. The van der Waals surface area contributed by atoms with Crippen LogP contribution in [0, 0.1) is 0 Å². The number of aliphatic hydroxyl groups is 4. The van der Waals surface area contributed by atoms with Gasteiger partial charge in [-0.2, -0.15) is 0 Å². The average molecular weight is 807 g/mol. The van der Waals surface area contributed by atoms with Crippen molar-refractivity contribution >= 4 is 11.9 Å². The number of esters is 2. The summed E-state index contributed by atoms with van der Waals surface area (Å²) >= 11 is 0. The molecule has 0 saturated carbocycles. The summed E-state index contributed by atoms with van der Waals surface area (Å²) in [6.07, 6.45) is 36.9. The maximum Gasteiger partial charge on any atom is 0.306 e. The fourth-order valence-electron chi connectivity index (χ4n) is 6.55. The van der Waals surface area contributed by atoms with Gasteiger partial charge >= 0.3 is 11.9 Å². The van der Waals surface area contributed by atoms with Crippen molar-refractivity contribution in [3.05, 3.63) is 48.6 Å². The van der Waals surface area contributed by atoms with Crippen LogP contribution in [0.3, 0.4) is 0 Å². The van der Waals surface area contributed by atoms with E-state index in [1.807, 2.05) is 0 Å². The van der Waals surface area contributed by atoms with Crippen LogP contribution >= 0.6 is 0 Å². The van der Waals surface area contributed by atoms with E-state index in [-0.39, 0.29) is 26.1 Å². The second-order valence-electron chi connectivity index (χ2n) is 15.5. The largest absolute Gasteiger partial charge is 0.462 e. The minimum Gasteiger partial charge on any atom is -0.462 e. The predicted molar refractivity (Wildman–Crippen MR) is 229 cm³/mol. The molecule has 0 aliphatic carbocycles. The Labute approximate surface area is 346 Å². The van der Waals surface area contributed by atoms with Crippen molar-refractivity contribution in [3.63, 3.8) is 0 Å². The summed E-state index contributed by atoms with van der Waals surface area (Å²) in [4.78, 5) is 25.3. The van der Waals surface area contributed by atoms with Crippen LogP contribution in [0.1, 0.15) is 181 Å². The lowest BCUT2D eigenvalue weighted by Crippen LogP contribution is -2.59. The molecule has 2 unspecified atom stereocenters. The van der Waals surface area contributed by atoms with E-state index in [0.29, 0.717) is 12.8 Å². The third-order valence-corrected chi connectivity index (χ3v) is 10.2. The topological polar surface area (TPSA) is 152 Å². The van der Waals surface area contributed by atoms with E-state index in [1.54, 1.807) is 0 Å². The van der Waals surface area contributed by atoms with Crippen molar-refractivity contribution in [2.24, 2.45) is 0 Å². The first-order valence-electron chi connectivity index (χ1n) is 22.7. The summed E-state index contributed by atoms with van der Waals surface area (Å²) in [5, 5.41) is 40.1. The summed E-state index contributed by atoms with van der Waals surface area (Å²) in [7, 11) is 0. The van der Waals surface area contributed by atoms with Gasteiger partial charge in [0.15, 0.2) is 12.4 Å². The first kappa shape index (κ1) is 52.7. The zero-order valence-corrected chi connectivity index (χ0v) is 35.8. The summed E-state index contributed by atoms with van der Waals surface area (Å²) < 4.78 is 22.1. The van der Waals surface area contributed by atoms with Crippen LogP contribution < -0.4 is 0 Å². The minimum absolute atomic E-state index is 0.202. The first-order chi connectivity index (χ1) is 27.8. The van der Waals surface area contributed by atoms with Crippen LogP contribution in [-0.4, -0.2) is 89.0 Å². The highest BCUT2D eigenvalue weighted by atomic mass is 16.7. The smallest absolute Gasteiger partial charge is 0.306 e. The fourth-order valence-corrected chi connectivity index (χ4v) is 6.55. The van der Waals surface area contributed by atoms with Gasteiger partial charge in [-0.3, -0.25) is 9.59 Å². The number of unbranched alkanes of at least 4 members (excludes halogenated alkanes) is 18. The molecule has 57 heavy (non-hydrogen) atoms. The van der Waals surface area contributed by atoms with Crippen LogP contribution in [0.2, 0.25) is 0 Å². The van der Waals surface area contributed by atoms with E-state index >= 15 is 0 Å². The molecular weight excluding hydrogens is 725 g/mol. The Morgan fingerprint density at radius 2 is 1.00 bits per heavy atom. The normalized spacial score (nSPS) is 20.7. The zero-order valence-electron chi connectivity index (χ0n) is 35.8. The number of carbonyl (C=O) groups excluding carboxylic acids is 2. The Balaban J connectivity index is 2.37. The van der Waals surface area contributed by atoms with Crippen molar-refractivity contribution < 1.29 is 49.0 Å². The van der Waals surface area contributed by atoms with Crippen LogP contribution in [0.25, 0.3) is 0 Å². The highest BCUT2D eigenvalue weighted by Gasteiger charge is 2.44. The molecule has 1 fully saturated rings.